The quantitative estimate of drug-likeness (QED) is 0.496. The number of nitrogens with zero attached hydrogens (tertiary/aromatic N) is 2. The number of likely N-dealkylation sites (N-methyl/N-ethyl adjacent to an activating group) is 1. The highest BCUT2D eigenvalue weighted by Crippen LogP contribution is 2.31. The van der Waals surface area contributed by atoms with E-state index in [4.69, 9.17) is 4.84 Å². The van der Waals surface area contributed by atoms with Crippen molar-refractivity contribution in [2.24, 2.45) is 11.1 Å². The summed E-state index contributed by atoms with van der Waals surface area (Å²) in [5.41, 5.74) is 3.81. The van der Waals surface area contributed by atoms with Crippen molar-refractivity contribution in [2.75, 3.05) is 27.2 Å². The first-order valence-corrected chi connectivity index (χ1v) is 9.31. The van der Waals surface area contributed by atoms with Crippen LogP contribution in [0.4, 0.5) is 0 Å². The summed E-state index contributed by atoms with van der Waals surface area (Å²) in [5, 5.41) is 4.59. The fourth-order valence-electron chi connectivity index (χ4n) is 3.17. The van der Waals surface area contributed by atoms with Crippen LogP contribution in [-0.4, -0.2) is 37.9 Å². The van der Waals surface area contributed by atoms with Gasteiger partial charge in [-0.1, -0.05) is 55.3 Å². The summed E-state index contributed by atoms with van der Waals surface area (Å²) < 4.78 is 0. The van der Waals surface area contributed by atoms with E-state index in [-0.39, 0.29) is 0 Å². The van der Waals surface area contributed by atoms with E-state index in [2.05, 4.69) is 67.5 Å². The third-order valence-corrected chi connectivity index (χ3v) is 4.55. The molecule has 2 rings (SSSR count). The van der Waals surface area contributed by atoms with Crippen molar-refractivity contribution < 1.29 is 4.84 Å². The van der Waals surface area contributed by atoms with Gasteiger partial charge in [0.1, 0.15) is 6.61 Å². The normalized spacial score (nSPS) is 21.6. The Morgan fingerprint density at radius 3 is 2.75 bits per heavy atom. The Hall–Kier alpha value is -1.61. The third kappa shape index (κ3) is 6.12. The molecule has 1 saturated carbocycles. The highest BCUT2D eigenvalue weighted by atomic mass is 16.6. The van der Waals surface area contributed by atoms with Crippen LogP contribution in [0.3, 0.4) is 0 Å². The molecular weight excluding hydrogens is 296 g/mol. The average molecular weight is 329 g/mol. The number of benzene rings is 1. The van der Waals surface area contributed by atoms with Crippen LogP contribution in [0.5, 0.6) is 0 Å². The maximum atomic E-state index is 5.67. The average Bonchev–Trinajstić information content (AvgIpc) is 2.59. The molecule has 1 aliphatic carbocycles. The minimum atomic E-state index is 0.549. The summed E-state index contributed by atoms with van der Waals surface area (Å²) in [6.45, 7) is 3.80. The van der Waals surface area contributed by atoms with Crippen molar-refractivity contribution in [3.8, 4) is 0 Å². The molecule has 0 aromatic heterocycles. The first-order valence-electron chi connectivity index (χ1n) is 9.31. The SMILES string of the molecule is CCCC[C@@H]1CCCC(=C\c2ccccc2)/C1=N/OCCN(C)C. The van der Waals surface area contributed by atoms with Crippen LogP contribution in [0.1, 0.15) is 51.0 Å². The lowest BCUT2D eigenvalue weighted by Crippen LogP contribution is -2.23. The molecule has 0 aliphatic heterocycles. The van der Waals surface area contributed by atoms with Gasteiger partial charge in [-0.25, -0.2) is 0 Å². The summed E-state index contributed by atoms with van der Waals surface area (Å²) >= 11 is 0. The maximum absolute atomic E-state index is 5.67. The standard InChI is InChI=1S/C21H32N2O/c1-4-5-12-19-13-9-14-20(17-18-10-7-6-8-11-18)21(19)22-24-16-15-23(2)3/h6-8,10-11,17,19H,4-5,9,12-16H2,1-3H3/b20-17+,22-21+/t19-/m1/s1. The van der Waals surface area contributed by atoms with Crippen LogP contribution in [0.25, 0.3) is 6.08 Å². The van der Waals surface area contributed by atoms with Crippen LogP contribution in [0, 0.1) is 5.92 Å². The van der Waals surface area contributed by atoms with Crippen molar-refractivity contribution in [2.45, 2.75) is 45.4 Å². The van der Waals surface area contributed by atoms with E-state index in [9.17, 15) is 0 Å². The lowest BCUT2D eigenvalue weighted by atomic mass is 9.80. The predicted octanol–water partition coefficient (Wildman–Crippen LogP) is 4.99. The van der Waals surface area contributed by atoms with Crippen molar-refractivity contribution in [1.82, 2.24) is 4.90 Å². The van der Waals surface area contributed by atoms with Crippen LogP contribution < -0.4 is 0 Å². The van der Waals surface area contributed by atoms with E-state index in [1.807, 2.05) is 0 Å². The van der Waals surface area contributed by atoms with Gasteiger partial charge in [0.15, 0.2) is 0 Å². The first kappa shape index (κ1) is 18.7. The molecule has 0 bridgehead atoms. The van der Waals surface area contributed by atoms with Gasteiger partial charge in [-0.2, -0.15) is 0 Å². The van der Waals surface area contributed by atoms with Crippen molar-refractivity contribution in [3.05, 3.63) is 41.5 Å². The Labute approximate surface area is 147 Å². The maximum Gasteiger partial charge on any atom is 0.129 e. The van der Waals surface area contributed by atoms with E-state index < -0.39 is 0 Å². The minimum Gasteiger partial charge on any atom is -0.394 e. The molecule has 1 atom stereocenters. The molecular formula is C21H32N2O. The van der Waals surface area contributed by atoms with E-state index in [0.717, 1.165) is 13.0 Å². The topological polar surface area (TPSA) is 24.8 Å². The predicted molar refractivity (Wildman–Crippen MR) is 103 cm³/mol. The number of hydrogen-bond acceptors (Lipinski definition) is 3. The molecule has 3 nitrogen and oxygen atoms in total. The van der Waals surface area contributed by atoms with Gasteiger partial charge in [0.05, 0.1) is 5.71 Å². The van der Waals surface area contributed by atoms with E-state index in [1.54, 1.807) is 0 Å². The number of oxime groups is 1. The molecule has 3 heteroatoms. The fraction of sp³-hybridized carbons (Fsp3) is 0.571. The lowest BCUT2D eigenvalue weighted by molar-refractivity contribution is 0.124. The molecule has 1 fully saturated rings. The summed E-state index contributed by atoms with van der Waals surface area (Å²) in [4.78, 5) is 7.79. The summed E-state index contributed by atoms with van der Waals surface area (Å²) in [5.74, 6) is 0.549. The summed E-state index contributed by atoms with van der Waals surface area (Å²) in [7, 11) is 4.11. The number of allylic oxidation sites excluding steroid dienone is 1. The third-order valence-electron chi connectivity index (χ3n) is 4.55. The van der Waals surface area contributed by atoms with E-state index in [0.29, 0.717) is 12.5 Å². The Balaban J connectivity index is 2.15. The Bertz CT molecular complexity index is 534. The van der Waals surface area contributed by atoms with Gasteiger partial charge in [-0.05, 0) is 57.0 Å². The van der Waals surface area contributed by atoms with Crippen LogP contribution >= 0.6 is 0 Å². The van der Waals surface area contributed by atoms with Gasteiger partial charge in [0.2, 0.25) is 0 Å². The Morgan fingerprint density at radius 1 is 1.25 bits per heavy atom. The monoisotopic (exact) mass is 328 g/mol. The minimum absolute atomic E-state index is 0.549. The van der Waals surface area contributed by atoms with Crippen molar-refractivity contribution in [1.29, 1.82) is 0 Å². The second-order valence-electron chi connectivity index (χ2n) is 6.92. The van der Waals surface area contributed by atoms with Crippen molar-refractivity contribution in [3.63, 3.8) is 0 Å². The van der Waals surface area contributed by atoms with Crippen LogP contribution in [0.15, 0.2) is 41.1 Å². The molecule has 1 aliphatic rings. The highest BCUT2D eigenvalue weighted by Gasteiger charge is 2.25. The molecule has 0 saturated heterocycles. The van der Waals surface area contributed by atoms with Gasteiger partial charge in [0.25, 0.3) is 0 Å². The molecule has 24 heavy (non-hydrogen) atoms. The first-order chi connectivity index (χ1) is 11.7. The molecule has 0 heterocycles. The van der Waals surface area contributed by atoms with Crippen LogP contribution in [-0.2, 0) is 4.84 Å². The second kappa shape index (κ2) is 10.3. The number of rotatable bonds is 8. The van der Waals surface area contributed by atoms with Gasteiger partial charge >= 0.3 is 0 Å². The summed E-state index contributed by atoms with van der Waals surface area (Å²) in [6, 6.07) is 10.6. The van der Waals surface area contributed by atoms with E-state index in [1.165, 1.54) is 49.0 Å². The van der Waals surface area contributed by atoms with Gasteiger partial charge in [-0.15, -0.1) is 0 Å². The number of hydrogen-bond donors (Lipinski definition) is 0. The lowest BCUT2D eigenvalue weighted by Gasteiger charge is -2.26. The number of unbranched alkanes of at least 4 members (excludes halogenated alkanes) is 1. The molecule has 0 spiro atoms. The highest BCUT2D eigenvalue weighted by molar-refractivity contribution is 6.05. The van der Waals surface area contributed by atoms with Crippen LogP contribution in [0.2, 0.25) is 0 Å². The second-order valence-corrected chi connectivity index (χ2v) is 6.92. The smallest absolute Gasteiger partial charge is 0.129 e. The van der Waals surface area contributed by atoms with Gasteiger partial charge < -0.3 is 9.74 Å². The Kier molecular flexibility index (Phi) is 8.03. The van der Waals surface area contributed by atoms with E-state index >= 15 is 0 Å². The molecule has 1 aromatic carbocycles. The zero-order valence-electron chi connectivity index (χ0n) is 15.5. The molecule has 1 aromatic rings. The van der Waals surface area contributed by atoms with Crippen molar-refractivity contribution >= 4 is 11.8 Å². The Morgan fingerprint density at radius 2 is 2.04 bits per heavy atom. The molecule has 132 valence electrons. The molecule has 0 amide bonds. The fourth-order valence-corrected chi connectivity index (χ4v) is 3.17. The van der Waals surface area contributed by atoms with Gasteiger partial charge in [-0.3, -0.25) is 0 Å². The zero-order chi connectivity index (χ0) is 17.2. The zero-order valence-corrected chi connectivity index (χ0v) is 15.5. The molecule has 0 unspecified atom stereocenters. The van der Waals surface area contributed by atoms with Gasteiger partial charge in [0, 0.05) is 12.5 Å². The summed E-state index contributed by atoms with van der Waals surface area (Å²) in [6.07, 6.45) is 9.62. The largest absolute Gasteiger partial charge is 0.394 e. The molecule has 0 radical (unpaired) electrons. The molecule has 0 N–H and O–H groups in total.